The fraction of sp³-hybridized carbons (Fsp3) is 0.533. The zero-order chi connectivity index (χ0) is 15.3. The lowest BCUT2D eigenvalue weighted by Gasteiger charge is -2.23. The first-order chi connectivity index (χ1) is 9.95. The van der Waals surface area contributed by atoms with Crippen molar-refractivity contribution in [2.45, 2.75) is 30.3 Å². The summed E-state index contributed by atoms with van der Waals surface area (Å²) in [6.45, 7) is 3.88. The third kappa shape index (κ3) is 4.27. The molecule has 1 aliphatic heterocycles. The molecule has 1 unspecified atom stereocenters. The van der Waals surface area contributed by atoms with E-state index >= 15 is 0 Å². The average molecular weight is 308 g/mol. The van der Waals surface area contributed by atoms with E-state index in [0.29, 0.717) is 18.7 Å². The minimum Gasteiger partial charge on any atom is -0.374 e. The monoisotopic (exact) mass is 308 g/mol. The van der Waals surface area contributed by atoms with Gasteiger partial charge in [0.2, 0.25) is 0 Å². The molecule has 2 rings (SSSR count). The van der Waals surface area contributed by atoms with E-state index < -0.39 is 9.84 Å². The van der Waals surface area contributed by atoms with E-state index in [1.807, 2.05) is 13.0 Å². The molecular weight excluding hydrogens is 288 g/mol. The van der Waals surface area contributed by atoms with E-state index in [1.165, 1.54) is 24.3 Å². The Labute approximate surface area is 125 Å². The number of nitrogens with zero attached hydrogens (tertiary/aromatic N) is 1. The summed E-state index contributed by atoms with van der Waals surface area (Å²) in [5.74, 6) is 0.0367. The van der Waals surface area contributed by atoms with Gasteiger partial charge < -0.3 is 10.1 Å². The Bertz CT molecular complexity index is 611. The number of ether oxygens (including phenoxy) is 1. The summed E-state index contributed by atoms with van der Waals surface area (Å²) < 4.78 is 29.9. The van der Waals surface area contributed by atoms with E-state index in [9.17, 15) is 8.42 Å². The molecule has 21 heavy (non-hydrogen) atoms. The molecule has 0 aromatic heterocycles. The highest BCUT2D eigenvalue weighted by Crippen LogP contribution is 2.23. The van der Waals surface area contributed by atoms with Crippen molar-refractivity contribution in [3.05, 3.63) is 29.8 Å². The predicted molar refractivity (Wildman–Crippen MR) is 79.7 cm³/mol. The first kappa shape index (κ1) is 16.0. The standard InChI is InChI=1S/C15H20N2O3S/c1-15(7-2-9-20-15)12-17-8-10-21(18,19)14-5-3-13(11-16)4-6-14/h3-6,17H,2,7-10,12H2,1H3. The third-order valence-electron chi connectivity index (χ3n) is 3.69. The highest BCUT2D eigenvalue weighted by Gasteiger charge is 2.29. The van der Waals surface area contributed by atoms with Crippen molar-refractivity contribution in [3.8, 4) is 6.07 Å². The smallest absolute Gasteiger partial charge is 0.179 e. The second kappa shape index (κ2) is 6.56. The number of sulfone groups is 1. The summed E-state index contributed by atoms with van der Waals surface area (Å²) in [6.07, 6.45) is 2.06. The van der Waals surface area contributed by atoms with Gasteiger partial charge in [0.05, 0.1) is 27.9 Å². The van der Waals surface area contributed by atoms with Crippen molar-refractivity contribution in [2.75, 3.05) is 25.4 Å². The summed E-state index contributed by atoms with van der Waals surface area (Å²) in [5, 5.41) is 11.9. The van der Waals surface area contributed by atoms with E-state index in [0.717, 1.165) is 19.4 Å². The van der Waals surface area contributed by atoms with Crippen LogP contribution in [-0.2, 0) is 14.6 Å². The summed E-state index contributed by atoms with van der Waals surface area (Å²) >= 11 is 0. The van der Waals surface area contributed by atoms with Crippen LogP contribution in [0.15, 0.2) is 29.2 Å². The maximum Gasteiger partial charge on any atom is 0.179 e. The highest BCUT2D eigenvalue weighted by molar-refractivity contribution is 7.91. The molecule has 1 fully saturated rings. The first-order valence-corrected chi connectivity index (χ1v) is 8.68. The Balaban J connectivity index is 1.85. The van der Waals surface area contributed by atoms with Crippen LogP contribution >= 0.6 is 0 Å². The van der Waals surface area contributed by atoms with E-state index in [-0.39, 0.29) is 16.2 Å². The summed E-state index contributed by atoms with van der Waals surface area (Å²) in [6, 6.07) is 7.98. The minimum absolute atomic E-state index is 0.0367. The molecule has 114 valence electrons. The molecule has 0 saturated carbocycles. The van der Waals surface area contributed by atoms with Gasteiger partial charge in [0.1, 0.15) is 0 Å². The van der Waals surface area contributed by atoms with Crippen LogP contribution in [0.25, 0.3) is 0 Å². The van der Waals surface area contributed by atoms with Gasteiger partial charge >= 0.3 is 0 Å². The maximum absolute atomic E-state index is 12.2. The van der Waals surface area contributed by atoms with Crippen LogP contribution in [0, 0.1) is 11.3 Å². The van der Waals surface area contributed by atoms with Crippen molar-refractivity contribution in [3.63, 3.8) is 0 Å². The van der Waals surface area contributed by atoms with Gasteiger partial charge in [-0.1, -0.05) is 0 Å². The molecule has 1 aliphatic rings. The Morgan fingerprint density at radius 2 is 2.10 bits per heavy atom. The number of nitrogens with one attached hydrogen (secondary N) is 1. The van der Waals surface area contributed by atoms with Crippen LogP contribution < -0.4 is 5.32 Å². The molecule has 0 radical (unpaired) electrons. The van der Waals surface area contributed by atoms with Gasteiger partial charge in [0.25, 0.3) is 0 Å². The van der Waals surface area contributed by atoms with Crippen molar-refractivity contribution in [1.29, 1.82) is 5.26 Å². The fourth-order valence-electron chi connectivity index (χ4n) is 2.39. The van der Waals surface area contributed by atoms with Crippen molar-refractivity contribution < 1.29 is 13.2 Å². The number of benzene rings is 1. The Morgan fingerprint density at radius 3 is 2.67 bits per heavy atom. The first-order valence-electron chi connectivity index (χ1n) is 7.03. The molecule has 1 aromatic carbocycles. The fourth-order valence-corrected chi connectivity index (χ4v) is 3.59. The van der Waals surface area contributed by atoms with Crippen molar-refractivity contribution in [1.82, 2.24) is 5.32 Å². The van der Waals surface area contributed by atoms with Gasteiger partial charge in [0.15, 0.2) is 9.84 Å². The van der Waals surface area contributed by atoms with Gasteiger partial charge in [-0.3, -0.25) is 0 Å². The normalized spacial score (nSPS) is 22.1. The Kier molecular flexibility index (Phi) is 4.99. The molecule has 1 saturated heterocycles. The topological polar surface area (TPSA) is 79.2 Å². The maximum atomic E-state index is 12.2. The van der Waals surface area contributed by atoms with E-state index in [2.05, 4.69) is 5.32 Å². The van der Waals surface area contributed by atoms with Gasteiger partial charge in [-0.15, -0.1) is 0 Å². The molecule has 1 heterocycles. The van der Waals surface area contributed by atoms with Gasteiger partial charge in [-0.25, -0.2) is 8.42 Å². The lowest BCUT2D eigenvalue weighted by Crippen LogP contribution is -2.39. The second-order valence-corrected chi connectivity index (χ2v) is 7.64. The molecule has 1 atom stereocenters. The molecule has 0 amide bonds. The molecular formula is C15H20N2O3S. The number of hydrogen-bond donors (Lipinski definition) is 1. The lowest BCUT2D eigenvalue weighted by molar-refractivity contribution is 0.0214. The van der Waals surface area contributed by atoms with E-state index in [4.69, 9.17) is 10.00 Å². The van der Waals surface area contributed by atoms with Crippen LogP contribution in [0.1, 0.15) is 25.3 Å². The average Bonchev–Trinajstić information content (AvgIpc) is 2.91. The largest absolute Gasteiger partial charge is 0.374 e. The van der Waals surface area contributed by atoms with Crippen LogP contribution in [0.5, 0.6) is 0 Å². The minimum atomic E-state index is -3.31. The van der Waals surface area contributed by atoms with Crippen LogP contribution in [0.4, 0.5) is 0 Å². The number of nitriles is 1. The second-order valence-electron chi connectivity index (χ2n) is 5.53. The Hall–Kier alpha value is -1.42. The summed E-state index contributed by atoms with van der Waals surface area (Å²) in [7, 11) is -3.31. The number of rotatable bonds is 6. The Morgan fingerprint density at radius 1 is 1.38 bits per heavy atom. The summed E-state index contributed by atoms with van der Waals surface area (Å²) in [4.78, 5) is 0.256. The molecule has 0 spiro atoms. The molecule has 1 aromatic rings. The zero-order valence-corrected chi connectivity index (χ0v) is 12.9. The molecule has 0 aliphatic carbocycles. The lowest BCUT2D eigenvalue weighted by atomic mass is 10.0. The van der Waals surface area contributed by atoms with Crippen molar-refractivity contribution >= 4 is 9.84 Å². The quantitative estimate of drug-likeness (QED) is 0.806. The third-order valence-corrected chi connectivity index (χ3v) is 5.42. The van der Waals surface area contributed by atoms with Crippen LogP contribution in [-0.4, -0.2) is 39.5 Å². The van der Waals surface area contributed by atoms with Crippen LogP contribution in [0.2, 0.25) is 0 Å². The highest BCUT2D eigenvalue weighted by atomic mass is 32.2. The van der Waals surface area contributed by atoms with Gasteiger partial charge in [-0.2, -0.15) is 5.26 Å². The van der Waals surface area contributed by atoms with E-state index in [1.54, 1.807) is 0 Å². The molecule has 1 N–H and O–H groups in total. The molecule has 5 nitrogen and oxygen atoms in total. The zero-order valence-electron chi connectivity index (χ0n) is 12.1. The predicted octanol–water partition coefficient (Wildman–Crippen LogP) is 1.49. The molecule has 0 bridgehead atoms. The molecule has 6 heteroatoms. The van der Waals surface area contributed by atoms with Gasteiger partial charge in [0, 0.05) is 19.7 Å². The SMILES string of the molecule is CC1(CNCCS(=O)(=O)c2ccc(C#N)cc2)CCCO1. The van der Waals surface area contributed by atoms with Crippen LogP contribution in [0.3, 0.4) is 0 Å². The van der Waals surface area contributed by atoms with Crippen molar-refractivity contribution in [2.24, 2.45) is 0 Å². The number of hydrogen-bond acceptors (Lipinski definition) is 5. The van der Waals surface area contributed by atoms with Gasteiger partial charge in [-0.05, 0) is 44.0 Å². The summed E-state index contributed by atoms with van der Waals surface area (Å²) in [5.41, 5.74) is 0.288.